The molecule has 0 aliphatic heterocycles. The van der Waals surface area contributed by atoms with Gasteiger partial charge in [-0.15, -0.1) is 0 Å². The van der Waals surface area contributed by atoms with Crippen LogP contribution in [0.3, 0.4) is 0 Å². The molecule has 0 unspecified atom stereocenters. The SMILES string of the molecule is Cc1nc2c(n1Cc1cccc(Br)c1)CCCC2. The first-order valence-electron chi connectivity index (χ1n) is 6.53. The van der Waals surface area contributed by atoms with Crippen LogP contribution in [0.15, 0.2) is 28.7 Å². The zero-order chi connectivity index (χ0) is 12.5. The Kier molecular flexibility index (Phi) is 3.25. The van der Waals surface area contributed by atoms with Crippen LogP contribution in [-0.2, 0) is 19.4 Å². The van der Waals surface area contributed by atoms with Crippen LogP contribution in [0.4, 0.5) is 0 Å². The third kappa shape index (κ3) is 2.24. The average Bonchev–Trinajstić information content (AvgIpc) is 2.66. The Morgan fingerprint density at radius 1 is 1.28 bits per heavy atom. The topological polar surface area (TPSA) is 17.8 Å². The second-order valence-corrected chi connectivity index (χ2v) is 5.89. The molecule has 1 aliphatic carbocycles. The van der Waals surface area contributed by atoms with E-state index in [0.29, 0.717) is 0 Å². The molecule has 18 heavy (non-hydrogen) atoms. The van der Waals surface area contributed by atoms with Crippen molar-refractivity contribution in [3.05, 3.63) is 51.5 Å². The largest absolute Gasteiger partial charge is 0.328 e. The molecule has 0 bridgehead atoms. The first-order valence-corrected chi connectivity index (χ1v) is 7.32. The van der Waals surface area contributed by atoms with Gasteiger partial charge in [0.25, 0.3) is 0 Å². The Morgan fingerprint density at radius 3 is 2.94 bits per heavy atom. The Morgan fingerprint density at radius 2 is 2.11 bits per heavy atom. The molecule has 0 fully saturated rings. The zero-order valence-corrected chi connectivity index (χ0v) is 12.2. The summed E-state index contributed by atoms with van der Waals surface area (Å²) in [6, 6.07) is 8.53. The molecule has 1 aliphatic rings. The van der Waals surface area contributed by atoms with E-state index in [1.54, 1.807) is 0 Å². The second kappa shape index (κ2) is 4.88. The van der Waals surface area contributed by atoms with Crippen molar-refractivity contribution in [2.24, 2.45) is 0 Å². The number of rotatable bonds is 2. The molecule has 0 N–H and O–H groups in total. The highest BCUT2D eigenvalue weighted by Gasteiger charge is 2.17. The molecular weight excluding hydrogens is 288 g/mol. The van der Waals surface area contributed by atoms with E-state index >= 15 is 0 Å². The molecule has 0 atom stereocenters. The maximum atomic E-state index is 4.72. The van der Waals surface area contributed by atoms with Gasteiger partial charge in [-0.3, -0.25) is 0 Å². The fourth-order valence-corrected chi connectivity index (χ4v) is 3.21. The van der Waals surface area contributed by atoms with Gasteiger partial charge < -0.3 is 4.57 Å². The van der Waals surface area contributed by atoms with Crippen molar-refractivity contribution in [3.8, 4) is 0 Å². The summed E-state index contributed by atoms with van der Waals surface area (Å²) in [5.41, 5.74) is 4.12. The fraction of sp³-hybridized carbons (Fsp3) is 0.400. The Balaban J connectivity index is 1.95. The van der Waals surface area contributed by atoms with Gasteiger partial charge in [0, 0.05) is 16.7 Å². The van der Waals surface area contributed by atoms with Crippen LogP contribution < -0.4 is 0 Å². The summed E-state index contributed by atoms with van der Waals surface area (Å²) in [5.74, 6) is 1.15. The molecular formula is C15H17BrN2. The minimum absolute atomic E-state index is 0.938. The van der Waals surface area contributed by atoms with Gasteiger partial charge in [0.15, 0.2) is 0 Å². The third-order valence-corrected chi connectivity index (χ3v) is 4.15. The van der Waals surface area contributed by atoms with Crippen LogP contribution in [0.1, 0.15) is 35.6 Å². The minimum atomic E-state index is 0.938. The predicted octanol–water partition coefficient (Wildman–Crippen LogP) is 3.88. The Hall–Kier alpha value is -1.09. The van der Waals surface area contributed by atoms with E-state index in [2.05, 4.69) is 51.7 Å². The van der Waals surface area contributed by atoms with Crippen LogP contribution in [-0.4, -0.2) is 9.55 Å². The number of halogens is 1. The Labute approximate surface area is 116 Å². The van der Waals surface area contributed by atoms with Gasteiger partial charge in [-0.2, -0.15) is 0 Å². The average molecular weight is 305 g/mol. The van der Waals surface area contributed by atoms with E-state index < -0.39 is 0 Å². The maximum Gasteiger partial charge on any atom is 0.106 e. The third-order valence-electron chi connectivity index (χ3n) is 3.65. The molecule has 94 valence electrons. The van der Waals surface area contributed by atoms with Crippen molar-refractivity contribution < 1.29 is 0 Å². The van der Waals surface area contributed by atoms with E-state index in [-0.39, 0.29) is 0 Å². The number of nitrogens with zero attached hydrogens (tertiary/aromatic N) is 2. The van der Waals surface area contributed by atoms with Crippen LogP contribution in [0.5, 0.6) is 0 Å². The summed E-state index contributed by atoms with van der Waals surface area (Å²) >= 11 is 3.53. The summed E-state index contributed by atoms with van der Waals surface area (Å²) < 4.78 is 3.53. The zero-order valence-electron chi connectivity index (χ0n) is 10.6. The van der Waals surface area contributed by atoms with Gasteiger partial charge in [-0.1, -0.05) is 28.1 Å². The van der Waals surface area contributed by atoms with Crippen molar-refractivity contribution in [2.75, 3.05) is 0 Å². The normalized spacial score (nSPS) is 14.6. The lowest BCUT2D eigenvalue weighted by atomic mass is 10.0. The molecule has 1 aromatic carbocycles. The predicted molar refractivity (Wildman–Crippen MR) is 76.9 cm³/mol. The number of benzene rings is 1. The van der Waals surface area contributed by atoms with E-state index in [9.17, 15) is 0 Å². The van der Waals surface area contributed by atoms with Crippen LogP contribution in [0.25, 0.3) is 0 Å². The van der Waals surface area contributed by atoms with Gasteiger partial charge in [0.2, 0.25) is 0 Å². The summed E-state index contributed by atoms with van der Waals surface area (Å²) in [6.07, 6.45) is 4.93. The van der Waals surface area contributed by atoms with Crippen molar-refractivity contribution in [1.82, 2.24) is 9.55 Å². The summed E-state index contributed by atoms with van der Waals surface area (Å²) in [4.78, 5) is 4.72. The lowest BCUT2D eigenvalue weighted by Gasteiger charge is -2.15. The summed E-state index contributed by atoms with van der Waals surface area (Å²) in [7, 11) is 0. The molecule has 3 heteroatoms. The van der Waals surface area contributed by atoms with E-state index in [4.69, 9.17) is 4.98 Å². The minimum Gasteiger partial charge on any atom is -0.328 e. The standard InChI is InChI=1S/C15H17BrN2/c1-11-17-14-7-2-3-8-15(14)18(11)10-12-5-4-6-13(16)9-12/h4-6,9H,2-3,7-8,10H2,1H3. The number of aryl methyl sites for hydroxylation is 2. The van der Waals surface area contributed by atoms with Gasteiger partial charge in [0.05, 0.1) is 5.69 Å². The number of hydrogen-bond donors (Lipinski definition) is 0. The molecule has 1 heterocycles. The van der Waals surface area contributed by atoms with Gasteiger partial charge in [-0.05, 0) is 50.3 Å². The molecule has 0 saturated heterocycles. The Bertz CT molecular complexity index is 572. The summed E-state index contributed by atoms with van der Waals surface area (Å²) in [5, 5.41) is 0. The molecule has 3 rings (SSSR count). The van der Waals surface area contributed by atoms with E-state index in [0.717, 1.165) is 23.3 Å². The van der Waals surface area contributed by atoms with E-state index in [1.165, 1.54) is 36.2 Å². The number of aromatic nitrogens is 2. The number of hydrogen-bond acceptors (Lipinski definition) is 1. The van der Waals surface area contributed by atoms with Crippen molar-refractivity contribution in [2.45, 2.75) is 39.2 Å². The van der Waals surface area contributed by atoms with Gasteiger partial charge in [0.1, 0.15) is 5.82 Å². The van der Waals surface area contributed by atoms with Crippen LogP contribution >= 0.6 is 15.9 Å². The second-order valence-electron chi connectivity index (χ2n) is 4.98. The highest BCUT2D eigenvalue weighted by atomic mass is 79.9. The molecule has 2 aromatic rings. The monoisotopic (exact) mass is 304 g/mol. The van der Waals surface area contributed by atoms with E-state index in [1.807, 2.05) is 0 Å². The molecule has 1 aromatic heterocycles. The van der Waals surface area contributed by atoms with Crippen molar-refractivity contribution in [1.29, 1.82) is 0 Å². The number of imidazole rings is 1. The lowest BCUT2D eigenvalue weighted by Crippen LogP contribution is -2.10. The molecule has 2 nitrogen and oxygen atoms in total. The van der Waals surface area contributed by atoms with Crippen LogP contribution in [0.2, 0.25) is 0 Å². The summed E-state index contributed by atoms with van der Waals surface area (Å²) in [6.45, 7) is 3.06. The van der Waals surface area contributed by atoms with Crippen molar-refractivity contribution in [3.63, 3.8) is 0 Å². The van der Waals surface area contributed by atoms with Crippen LogP contribution in [0, 0.1) is 6.92 Å². The van der Waals surface area contributed by atoms with Crippen molar-refractivity contribution >= 4 is 15.9 Å². The maximum absolute atomic E-state index is 4.72. The first kappa shape index (κ1) is 12.0. The number of fused-ring (bicyclic) bond motifs is 1. The van der Waals surface area contributed by atoms with Gasteiger partial charge >= 0.3 is 0 Å². The first-order chi connectivity index (χ1) is 8.74. The molecule has 0 spiro atoms. The smallest absolute Gasteiger partial charge is 0.106 e. The lowest BCUT2D eigenvalue weighted by molar-refractivity contribution is 0.624. The molecule has 0 radical (unpaired) electrons. The fourth-order valence-electron chi connectivity index (χ4n) is 2.76. The highest BCUT2D eigenvalue weighted by Crippen LogP contribution is 2.23. The highest BCUT2D eigenvalue weighted by molar-refractivity contribution is 9.10. The van der Waals surface area contributed by atoms with Gasteiger partial charge in [-0.25, -0.2) is 4.98 Å². The quantitative estimate of drug-likeness (QED) is 0.823. The molecule has 0 amide bonds. The molecule has 0 saturated carbocycles.